The summed E-state index contributed by atoms with van der Waals surface area (Å²) >= 11 is 4.93. The standard InChI is InChI=1S/C23H19BrN2O3S/c1-3-29-18-10-6-15(7-11-18)19(27)12-26-13-25-22-21(23(26)28)20(14(2)30-22)16-4-8-17(24)9-5-16/h4-11,13H,3,12H2,1-2H3. The normalized spacial score (nSPS) is 11.0. The molecule has 0 bridgehead atoms. The molecule has 0 saturated carbocycles. The first kappa shape index (κ1) is 20.5. The number of Topliss-reactive ketones (excluding diaryl/α,β-unsaturated/α-hetero) is 1. The van der Waals surface area contributed by atoms with Crippen molar-refractivity contribution in [3.05, 3.63) is 80.1 Å². The molecule has 0 saturated heterocycles. The fourth-order valence-corrected chi connectivity index (χ4v) is 4.63. The van der Waals surface area contributed by atoms with E-state index in [9.17, 15) is 9.59 Å². The molecule has 4 rings (SSSR count). The van der Waals surface area contributed by atoms with E-state index in [1.807, 2.05) is 38.1 Å². The molecule has 30 heavy (non-hydrogen) atoms. The number of aromatic nitrogens is 2. The van der Waals surface area contributed by atoms with E-state index in [1.165, 1.54) is 22.2 Å². The van der Waals surface area contributed by atoms with Gasteiger partial charge in [-0.25, -0.2) is 4.98 Å². The molecular weight excluding hydrogens is 464 g/mol. The van der Waals surface area contributed by atoms with E-state index >= 15 is 0 Å². The summed E-state index contributed by atoms with van der Waals surface area (Å²) < 4.78 is 7.77. The van der Waals surface area contributed by atoms with Gasteiger partial charge < -0.3 is 4.74 Å². The zero-order valence-electron chi connectivity index (χ0n) is 16.5. The Morgan fingerprint density at radius 2 is 1.83 bits per heavy atom. The maximum atomic E-state index is 13.3. The van der Waals surface area contributed by atoms with Gasteiger partial charge in [0, 0.05) is 20.5 Å². The zero-order chi connectivity index (χ0) is 21.3. The number of nitrogens with zero attached hydrogens (tertiary/aromatic N) is 2. The summed E-state index contributed by atoms with van der Waals surface area (Å²) in [5, 5.41) is 0.557. The van der Waals surface area contributed by atoms with Gasteiger partial charge in [0.1, 0.15) is 10.6 Å². The summed E-state index contributed by atoms with van der Waals surface area (Å²) in [7, 11) is 0. The fourth-order valence-electron chi connectivity index (χ4n) is 3.36. The first-order valence-electron chi connectivity index (χ1n) is 9.48. The van der Waals surface area contributed by atoms with Gasteiger partial charge in [-0.05, 0) is 55.8 Å². The Balaban J connectivity index is 1.71. The maximum absolute atomic E-state index is 13.3. The molecular formula is C23H19BrN2O3S. The van der Waals surface area contributed by atoms with Crippen molar-refractivity contribution in [3.63, 3.8) is 0 Å². The van der Waals surface area contributed by atoms with Gasteiger partial charge in [-0.2, -0.15) is 0 Å². The van der Waals surface area contributed by atoms with Crippen LogP contribution in [0.3, 0.4) is 0 Å². The lowest BCUT2D eigenvalue weighted by molar-refractivity contribution is 0.0970. The van der Waals surface area contributed by atoms with Crippen LogP contribution in [0.2, 0.25) is 0 Å². The summed E-state index contributed by atoms with van der Waals surface area (Å²) in [5.74, 6) is 0.556. The van der Waals surface area contributed by atoms with Gasteiger partial charge in [0.15, 0.2) is 5.78 Å². The number of hydrogen-bond donors (Lipinski definition) is 0. The number of ketones is 1. The number of carbonyl (C=O) groups excluding carboxylic acids is 1. The Labute approximate surface area is 186 Å². The molecule has 0 aliphatic heterocycles. The van der Waals surface area contributed by atoms with E-state index < -0.39 is 0 Å². The van der Waals surface area contributed by atoms with Crippen LogP contribution in [0.15, 0.2) is 64.1 Å². The summed E-state index contributed by atoms with van der Waals surface area (Å²) in [4.78, 5) is 32.1. The molecule has 2 heterocycles. The largest absolute Gasteiger partial charge is 0.494 e. The van der Waals surface area contributed by atoms with E-state index in [2.05, 4.69) is 20.9 Å². The zero-order valence-corrected chi connectivity index (χ0v) is 18.9. The quantitative estimate of drug-likeness (QED) is 0.341. The molecule has 0 spiro atoms. The maximum Gasteiger partial charge on any atom is 0.263 e. The SMILES string of the molecule is CCOc1ccc(C(=O)Cn2cnc3sc(C)c(-c4ccc(Br)cc4)c3c2=O)cc1. The van der Waals surface area contributed by atoms with Crippen molar-refractivity contribution in [2.75, 3.05) is 6.61 Å². The fraction of sp³-hybridized carbons (Fsp3) is 0.174. The highest BCUT2D eigenvalue weighted by Crippen LogP contribution is 2.35. The molecule has 0 fully saturated rings. The van der Waals surface area contributed by atoms with Crippen LogP contribution in [0.1, 0.15) is 22.2 Å². The second-order valence-electron chi connectivity index (χ2n) is 6.78. The summed E-state index contributed by atoms with van der Waals surface area (Å²) in [6.07, 6.45) is 1.46. The van der Waals surface area contributed by atoms with Crippen LogP contribution in [0.25, 0.3) is 21.3 Å². The van der Waals surface area contributed by atoms with Crippen molar-refractivity contribution < 1.29 is 9.53 Å². The average Bonchev–Trinajstić information content (AvgIpc) is 3.08. The molecule has 7 heteroatoms. The molecule has 0 unspecified atom stereocenters. The number of ether oxygens (including phenoxy) is 1. The van der Waals surface area contributed by atoms with Crippen LogP contribution in [-0.4, -0.2) is 21.9 Å². The number of benzene rings is 2. The monoisotopic (exact) mass is 482 g/mol. The minimum absolute atomic E-state index is 0.0651. The van der Waals surface area contributed by atoms with Gasteiger partial charge in [-0.3, -0.25) is 14.2 Å². The second-order valence-corrected chi connectivity index (χ2v) is 8.90. The molecule has 152 valence electrons. The summed E-state index contributed by atoms with van der Waals surface area (Å²) in [6, 6.07) is 14.8. The van der Waals surface area contributed by atoms with E-state index in [-0.39, 0.29) is 17.9 Å². The van der Waals surface area contributed by atoms with Crippen molar-refractivity contribution in [1.82, 2.24) is 9.55 Å². The molecule has 2 aromatic heterocycles. The van der Waals surface area contributed by atoms with Crippen molar-refractivity contribution in [2.24, 2.45) is 0 Å². The molecule has 0 aliphatic carbocycles. The molecule has 0 radical (unpaired) electrons. The Kier molecular flexibility index (Phi) is 5.83. The minimum atomic E-state index is -0.207. The number of thiophene rings is 1. The lowest BCUT2D eigenvalue weighted by atomic mass is 10.0. The third-order valence-electron chi connectivity index (χ3n) is 4.79. The smallest absolute Gasteiger partial charge is 0.263 e. The number of carbonyl (C=O) groups is 1. The Bertz CT molecular complexity index is 1280. The average molecular weight is 483 g/mol. The molecule has 0 atom stereocenters. The van der Waals surface area contributed by atoms with Gasteiger partial charge in [0.25, 0.3) is 5.56 Å². The van der Waals surface area contributed by atoms with Gasteiger partial charge >= 0.3 is 0 Å². The van der Waals surface area contributed by atoms with Gasteiger partial charge in [-0.15, -0.1) is 11.3 Å². The highest BCUT2D eigenvalue weighted by atomic mass is 79.9. The van der Waals surface area contributed by atoms with E-state index in [4.69, 9.17) is 4.74 Å². The van der Waals surface area contributed by atoms with Crippen molar-refractivity contribution in [2.45, 2.75) is 20.4 Å². The third-order valence-corrected chi connectivity index (χ3v) is 6.33. The number of hydrogen-bond acceptors (Lipinski definition) is 5. The second kappa shape index (κ2) is 8.53. The van der Waals surface area contributed by atoms with Crippen molar-refractivity contribution in [3.8, 4) is 16.9 Å². The molecule has 0 amide bonds. The Hall–Kier alpha value is -2.77. The van der Waals surface area contributed by atoms with Gasteiger partial charge in [0.05, 0.1) is 24.9 Å². The number of halogens is 1. The predicted octanol–water partition coefficient (Wildman–Crippen LogP) is 5.48. The number of fused-ring (bicyclic) bond motifs is 1. The van der Waals surface area contributed by atoms with Crippen molar-refractivity contribution >= 4 is 43.3 Å². The minimum Gasteiger partial charge on any atom is -0.494 e. The van der Waals surface area contributed by atoms with Crippen molar-refractivity contribution in [1.29, 1.82) is 0 Å². The first-order valence-corrected chi connectivity index (χ1v) is 11.1. The summed E-state index contributed by atoms with van der Waals surface area (Å²) in [5.41, 5.74) is 2.15. The van der Waals surface area contributed by atoms with Gasteiger partial charge in [-0.1, -0.05) is 28.1 Å². The molecule has 4 aromatic rings. The molecule has 0 N–H and O–H groups in total. The third kappa shape index (κ3) is 3.95. The Morgan fingerprint density at radius 1 is 1.13 bits per heavy atom. The van der Waals surface area contributed by atoms with E-state index in [1.54, 1.807) is 24.3 Å². The predicted molar refractivity (Wildman–Crippen MR) is 124 cm³/mol. The van der Waals surface area contributed by atoms with Crippen LogP contribution in [0.4, 0.5) is 0 Å². The lowest BCUT2D eigenvalue weighted by Crippen LogP contribution is -2.24. The van der Waals surface area contributed by atoms with Crippen LogP contribution in [-0.2, 0) is 6.54 Å². The summed E-state index contributed by atoms with van der Waals surface area (Å²) in [6.45, 7) is 4.39. The molecule has 5 nitrogen and oxygen atoms in total. The molecule has 0 aliphatic rings. The Morgan fingerprint density at radius 3 is 2.50 bits per heavy atom. The highest BCUT2D eigenvalue weighted by molar-refractivity contribution is 9.10. The first-order chi connectivity index (χ1) is 14.5. The lowest BCUT2D eigenvalue weighted by Gasteiger charge is -2.07. The van der Waals surface area contributed by atoms with E-state index in [0.717, 1.165) is 20.5 Å². The topological polar surface area (TPSA) is 61.2 Å². The van der Waals surface area contributed by atoms with Crippen LogP contribution < -0.4 is 10.3 Å². The number of aryl methyl sites for hydroxylation is 1. The molecule has 2 aromatic carbocycles. The highest BCUT2D eigenvalue weighted by Gasteiger charge is 2.18. The van der Waals surface area contributed by atoms with E-state index in [0.29, 0.717) is 28.1 Å². The van der Waals surface area contributed by atoms with Crippen LogP contribution >= 0.6 is 27.3 Å². The van der Waals surface area contributed by atoms with Crippen LogP contribution in [0.5, 0.6) is 5.75 Å². The number of rotatable bonds is 6. The van der Waals surface area contributed by atoms with Gasteiger partial charge in [0.2, 0.25) is 0 Å². The van der Waals surface area contributed by atoms with Crippen LogP contribution in [0, 0.1) is 6.92 Å².